The van der Waals surface area contributed by atoms with Crippen LogP contribution in [-0.4, -0.2) is 50.5 Å². The molecule has 7 nitrogen and oxygen atoms in total. The highest BCUT2D eigenvalue weighted by Gasteiger charge is 2.28. The lowest BCUT2D eigenvalue weighted by Gasteiger charge is -2.31. The maximum absolute atomic E-state index is 13.3. The number of nitrogens with one attached hydrogen (secondary N) is 1. The molecule has 2 aromatic rings. The molecular weight excluding hydrogens is 457 g/mol. The molecular formula is C25H34FN3O4S. The Morgan fingerprint density at radius 3 is 2.24 bits per heavy atom. The van der Waals surface area contributed by atoms with Gasteiger partial charge in [0.25, 0.3) is 0 Å². The molecule has 9 heteroatoms. The lowest BCUT2D eigenvalue weighted by atomic mass is 10.1. The maximum Gasteiger partial charge on any atom is 0.242 e. The van der Waals surface area contributed by atoms with E-state index in [4.69, 9.17) is 0 Å². The third-order valence-corrected chi connectivity index (χ3v) is 6.59. The van der Waals surface area contributed by atoms with Crippen LogP contribution in [0.5, 0.6) is 0 Å². The summed E-state index contributed by atoms with van der Waals surface area (Å²) in [6.07, 6.45) is 2.64. The smallest absolute Gasteiger partial charge is 0.242 e. The third kappa shape index (κ3) is 8.13. The number of carbonyl (C=O) groups excluding carboxylic acids is 2. The first-order valence-corrected chi connectivity index (χ1v) is 13.4. The van der Waals surface area contributed by atoms with Gasteiger partial charge < -0.3 is 10.2 Å². The minimum Gasteiger partial charge on any atom is -0.354 e. The molecule has 186 valence electrons. The van der Waals surface area contributed by atoms with E-state index in [1.807, 2.05) is 44.2 Å². The van der Waals surface area contributed by atoms with Gasteiger partial charge in [0, 0.05) is 26.1 Å². The molecule has 0 aromatic heterocycles. The average molecular weight is 492 g/mol. The number of benzene rings is 2. The van der Waals surface area contributed by atoms with E-state index in [9.17, 15) is 22.4 Å². The van der Waals surface area contributed by atoms with Crippen molar-refractivity contribution >= 4 is 27.5 Å². The van der Waals surface area contributed by atoms with Gasteiger partial charge in [0.2, 0.25) is 21.8 Å². The highest BCUT2D eigenvalue weighted by atomic mass is 32.2. The number of hydrogen-bond donors (Lipinski definition) is 1. The van der Waals surface area contributed by atoms with Gasteiger partial charge in [-0.05, 0) is 49.1 Å². The minimum absolute atomic E-state index is 0.0637. The molecule has 2 aromatic carbocycles. The van der Waals surface area contributed by atoms with E-state index < -0.39 is 21.9 Å². The van der Waals surface area contributed by atoms with E-state index >= 15 is 0 Å². The molecule has 0 aliphatic heterocycles. The predicted molar refractivity (Wildman–Crippen MR) is 132 cm³/mol. The van der Waals surface area contributed by atoms with Crippen LogP contribution in [-0.2, 0) is 26.2 Å². The minimum atomic E-state index is -3.62. The van der Waals surface area contributed by atoms with Crippen molar-refractivity contribution in [2.24, 2.45) is 0 Å². The zero-order chi connectivity index (χ0) is 25.1. The Morgan fingerprint density at radius 2 is 1.68 bits per heavy atom. The zero-order valence-corrected chi connectivity index (χ0v) is 20.9. The maximum atomic E-state index is 13.3. The topological polar surface area (TPSA) is 86.8 Å². The molecule has 0 bridgehead atoms. The van der Waals surface area contributed by atoms with E-state index in [1.165, 1.54) is 24.3 Å². The summed E-state index contributed by atoms with van der Waals surface area (Å²) < 4.78 is 39.0. The molecule has 0 aliphatic rings. The molecule has 2 amide bonds. The van der Waals surface area contributed by atoms with E-state index in [1.54, 1.807) is 4.90 Å². The molecule has 0 saturated heterocycles. The van der Waals surface area contributed by atoms with Crippen molar-refractivity contribution in [2.45, 2.75) is 52.1 Å². The molecule has 0 aliphatic carbocycles. The Balaban J connectivity index is 2.16. The van der Waals surface area contributed by atoms with Crippen LogP contribution < -0.4 is 9.62 Å². The summed E-state index contributed by atoms with van der Waals surface area (Å²) in [5, 5.41) is 2.87. The average Bonchev–Trinajstić information content (AvgIpc) is 2.81. The van der Waals surface area contributed by atoms with Crippen LogP contribution in [0.2, 0.25) is 0 Å². The lowest BCUT2D eigenvalue weighted by molar-refractivity contribution is -0.141. The summed E-state index contributed by atoms with van der Waals surface area (Å²) in [4.78, 5) is 27.6. The Labute approximate surface area is 202 Å². The van der Waals surface area contributed by atoms with Gasteiger partial charge in [-0.15, -0.1) is 0 Å². The van der Waals surface area contributed by atoms with Gasteiger partial charge in [-0.25, -0.2) is 12.8 Å². The van der Waals surface area contributed by atoms with Gasteiger partial charge in [-0.2, -0.15) is 0 Å². The summed E-state index contributed by atoms with van der Waals surface area (Å²) >= 11 is 0. The van der Waals surface area contributed by atoms with Crippen molar-refractivity contribution < 1.29 is 22.4 Å². The van der Waals surface area contributed by atoms with Crippen LogP contribution in [0.1, 0.15) is 45.1 Å². The van der Waals surface area contributed by atoms with E-state index in [2.05, 4.69) is 5.32 Å². The van der Waals surface area contributed by atoms with Crippen LogP contribution in [0.4, 0.5) is 10.1 Å². The Bertz CT molecular complexity index is 1030. The van der Waals surface area contributed by atoms with Crippen LogP contribution in [0, 0.1) is 5.82 Å². The summed E-state index contributed by atoms with van der Waals surface area (Å²) in [6.45, 7) is 4.70. The van der Waals surface area contributed by atoms with Crippen molar-refractivity contribution in [3.8, 4) is 0 Å². The Kier molecular flexibility index (Phi) is 10.5. The number of rotatable bonds is 13. The molecule has 0 spiro atoms. The van der Waals surface area contributed by atoms with Gasteiger partial charge in [0.1, 0.15) is 11.9 Å². The van der Waals surface area contributed by atoms with E-state index in [0.717, 1.165) is 22.5 Å². The number of hydrogen-bond acceptors (Lipinski definition) is 4. The van der Waals surface area contributed by atoms with Gasteiger partial charge >= 0.3 is 0 Å². The number of carbonyl (C=O) groups is 2. The van der Waals surface area contributed by atoms with Crippen molar-refractivity contribution in [3.05, 3.63) is 66.0 Å². The van der Waals surface area contributed by atoms with E-state index in [0.29, 0.717) is 18.7 Å². The molecule has 1 atom stereocenters. The first kappa shape index (κ1) is 27.3. The Morgan fingerprint density at radius 1 is 1.03 bits per heavy atom. The van der Waals surface area contributed by atoms with Crippen LogP contribution in [0.25, 0.3) is 0 Å². The van der Waals surface area contributed by atoms with Crippen molar-refractivity contribution in [1.82, 2.24) is 10.2 Å². The van der Waals surface area contributed by atoms with Gasteiger partial charge in [0.15, 0.2) is 0 Å². The van der Waals surface area contributed by atoms with Crippen molar-refractivity contribution in [2.75, 3.05) is 23.7 Å². The summed E-state index contributed by atoms with van der Waals surface area (Å²) in [5.41, 5.74) is 1.24. The second-order valence-corrected chi connectivity index (χ2v) is 10.0. The number of anilines is 1. The molecule has 34 heavy (non-hydrogen) atoms. The van der Waals surface area contributed by atoms with Gasteiger partial charge in [0.05, 0.1) is 11.9 Å². The first-order valence-electron chi connectivity index (χ1n) is 11.5. The number of halogens is 1. The Hall–Kier alpha value is -2.94. The van der Waals surface area contributed by atoms with Crippen LogP contribution >= 0.6 is 0 Å². The molecule has 0 fully saturated rings. The number of sulfonamides is 1. The number of nitrogens with zero attached hydrogens (tertiary/aromatic N) is 2. The van der Waals surface area contributed by atoms with E-state index in [-0.39, 0.29) is 37.7 Å². The molecule has 0 saturated carbocycles. The normalized spacial score (nSPS) is 12.1. The third-order valence-electron chi connectivity index (χ3n) is 5.40. The molecule has 0 radical (unpaired) electrons. The predicted octanol–water partition coefficient (Wildman–Crippen LogP) is 3.71. The quantitative estimate of drug-likeness (QED) is 0.463. The van der Waals surface area contributed by atoms with Crippen molar-refractivity contribution in [1.29, 1.82) is 0 Å². The second kappa shape index (κ2) is 13.1. The fourth-order valence-electron chi connectivity index (χ4n) is 3.68. The summed E-state index contributed by atoms with van der Waals surface area (Å²) in [7, 11) is -3.62. The molecule has 2 rings (SSSR count). The molecule has 1 N–H and O–H groups in total. The zero-order valence-electron chi connectivity index (χ0n) is 20.0. The van der Waals surface area contributed by atoms with Gasteiger partial charge in [-0.1, -0.05) is 44.2 Å². The van der Waals surface area contributed by atoms with Gasteiger partial charge in [-0.3, -0.25) is 13.9 Å². The highest BCUT2D eigenvalue weighted by Crippen LogP contribution is 2.20. The number of amides is 2. The largest absolute Gasteiger partial charge is 0.354 e. The monoisotopic (exact) mass is 491 g/mol. The van der Waals surface area contributed by atoms with Crippen molar-refractivity contribution in [3.63, 3.8) is 0 Å². The summed E-state index contributed by atoms with van der Waals surface area (Å²) in [5.74, 6) is -0.886. The molecule has 1 unspecified atom stereocenters. The SMILES string of the molecule is CCCNC(=O)C(CC)N(Cc1ccccc1)C(=O)CCCN(c1ccc(F)cc1)S(C)(=O)=O. The highest BCUT2D eigenvalue weighted by molar-refractivity contribution is 7.92. The molecule has 0 heterocycles. The summed E-state index contributed by atoms with van der Waals surface area (Å²) in [6, 6.07) is 14.0. The van der Waals surface area contributed by atoms with Crippen LogP contribution in [0.15, 0.2) is 54.6 Å². The second-order valence-electron chi connectivity index (χ2n) is 8.14. The van der Waals surface area contributed by atoms with Crippen LogP contribution in [0.3, 0.4) is 0 Å². The lowest BCUT2D eigenvalue weighted by Crippen LogP contribution is -2.49. The fourth-order valence-corrected chi connectivity index (χ4v) is 4.64. The standard InChI is InChI=1S/C25H34FN3O4S/c1-4-17-27-25(31)23(5-2)28(19-20-10-7-6-8-11-20)24(30)12-9-18-29(34(3,32)33)22-15-13-21(26)14-16-22/h6-8,10-11,13-16,23H,4-5,9,12,17-19H2,1-3H3,(H,27,31). The first-order chi connectivity index (χ1) is 16.2. The fraction of sp³-hybridized carbons (Fsp3) is 0.440.